The molecule has 0 aliphatic carbocycles. The van der Waals surface area contributed by atoms with Crippen LogP contribution in [0.3, 0.4) is 0 Å². The Balaban J connectivity index is 2.84. The molecule has 0 aliphatic heterocycles. The summed E-state index contributed by atoms with van der Waals surface area (Å²) in [5.41, 5.74) is 1.36. The third-order valence-corrected chi connectivity index (χ3v) is 3.46. The highest BCUT2D eigenvalue weighted by atomic mass is 32.1. The van der Waals surface area contributed by atoms with Crippen LogP contribution in [0, 0.1) is 0 Å². The summed E-state index contributed by atoms with van der Waals surface area (Å²) < 4.78 is 0. The van der Waals surface area contributed by atoms with Crippen LogP contribution in [0.4, 0.5) is 0 Å². The monoisotopic (exact) mass is 209 g/mol. The fraction of sp³-hybridized carbons (Fsp3) is 0.500. The van der Waals surface area contributed by atoms with E-state index in [1.54, 1.807) is 0 Å². The third kappa shape index (κ3) is 2.96. The lowest BCUT2D eigenvalue weighted by Gasteiger charge is -2.09. The molecule has 0 amide bonds. The maximum atomic E-state index is 3.32. The molecule has 0 saturated carbocycles. The van der Waals surface area contributed by atoms with E-state index in [9.17, 15) is 0 Å². The van der Waals surface area contributed by atoms with Crippen molar-refractivity contribution in [3.63, 3.8) is 0 Å². The second kappa shape index (κ2) is 5.32. The van der Waals surface area contributed by atoms with Crippen LogP contribution in [-0.2, 0) is 6.42 Å². The molecule has 0 fully saturated rings. The molecular formula is C12H19NS. The fourth-order valence-corrected chi connectivity index (χ4v) is 2.42. The van der Waals surface area contributed by atoms with Crippen LogP contribution in [0.15, 0.2) is 23.8 Å². The lowest BCUT2D eigenvalue weighted by molar-refractivity contribution is 0.722. The van der Waals surface area contributed by atoms with Gasteiger partial charge in [-0.1, -0.05) is 18.6 Å². The normalized spacial score (nSPS) is 12.6. The van der Waals surface area contributed by atoms with Crippen molar-refractivity contribution in [3.8, 4) is 0 Å². The smallest absolute Gasteiger partial charge is 0.0600 e. The molecule has 0 saturated heterocycles. The van der Waals surface area contributed by atoms with Crippen LogP contribution < -0.4 is 5.32 Å². The summed E-state index contributed by atoms with van der Waals surface area (Å²) >= 11 is 1.90. The van der Waals surface area contributed by atoms with Crippen molar-refractivity contribution >= 4 is 11.3 Å². The maximum Gasteiger partial charge on any atom is 0.0600 e. The molecule has 0 aliphatic rings. The Kier molecular flexibility index (Phi) is 4.36. The van der Waals surface area contributed by atoms with Crippen LogP contribution in [-0.4, -0.2) is 7.05 Å². The number of hydrogen-bond acceptors (Lipinski definition) is 2. The van der Waals surface area contributed by atoms with Crippen molar-refractivity contribution in [3.05, 3.63) is 33.5 Å². The summed E-state index contributed by atoms with van der Waals surface area (Å²) in [6.45, 7) is 6.47. The SMILES string of the molecule is CCc1ccc(C(C=C(C)C)NC)s1. The molecule has 1 aromatic rings. The Labute approximate surface area is 90.9 Å². The van der Waals surface area contributed by atoms with Crippen LogP contribution in [0.2, 0.25) is 0 Å². The lowest BCUT2D eigenvalue weighted by atomic mass is 10.2. The van der Waals surface area contributed by atoms with Crippen molar-refractivity contribution in [2.24, 2.45) is 0 Å². The fourth-order valence-electron chi connectivity index (χ4n) is 1.39. The molecule has 14 heavy (non-hydrogen) atoms. The van der Waals surface area contributed by atoms with Crippen LogP contribution in [0.25, 0.3) is 0 Å². The highest BCUT2D eigenvalue weighted by Crippen LogP contribution is 2.25. The summed E-state index contributed by atoms with van der Waals surface area (Å²) in [7, 11) is 2.01. The quantitative estimate of drug-likeness (QED) is 0.748. The molecule has 78 valence electrons. The highest BCUT2D eigenvalue weighted by molar-refractivity contribution is 7.12. The van der Waals surface area contributed by atoms with Crippen molar-refractivity contribution < 1.29 is 0 Å². The summed E-state index contributed by atoms with van der Waals surface area (Å²) in [4.78, 5) is 2.87. The van der Waals surface area contributed by atoms with Crippen molar-refractivity contribution in [1.29, 1.82) is 0 Å². The van der Waals surface area contributed by atoms with Crippen molar-refractivity contribution in [2.75, 3.05) is 7.05 Å². The van der Waals surface area contributed by atoms with E-state index in [1.165, 1.54) is 15.3 Å². The van der Waals surface area contributed by atoms with Gasteiger partial charge in [-0.05, 0) is 39.4 Å². The molecule has 1 heterocycles. The van der Waals surface area contributed by atoms with Gasteiger partial charge >= 0.3 is 0 Å². The van der Waals surface area contributed by atoms with E-state index >= 15 is 0 Å². The standard InChI is InChI=1S/C12H19NS/c1-5-10-6-7-12(14-10)11(13-4)8-9(2)3/h6-8,11,13H,5H2,1-4H3. The van der Waals surface area contributed by atoms with E-state index in [4.69, 9.17) is 0 Å². The highest BCUT2D eigenvalue weighted by Gasteiger charge is 2.08. The van der Waals surface area contributed by atoms with Gasteiger partial charge in [0.05, 0.1) is 6.04 Å². The van der Waals surface area contributed by atoms with E-state index in [0.29, 0.717) is 6.04 Å². The Bertz CT molecular complexity index is 308. The molecule has 1 rings (SSSR count). The number of rotatable bonds is 4. The average Bonchev–Trinajstić information content (AvgIpc) is 2.62. The Morgan fingerprint density at radius 3 is 2.64 bits per heavy atom. The Hall–Kier alpha value is -0.600. The summed E-state index contributed by atoms with van der Waals surface area (Å²) in [6, 6.07) is 4.83. The van der Waals surface area contributed by atoms with Gasteiger partial charge in [-0.3, -0.25) is 0 Å². The number of likely N-dealkylation sites (N-methyl/N-ethyl adjacent to an activating group) is 1. The van der Waals surface area contributed by atoms with Gasteiger partial charge in [0, 0.05) is 9.75 Å². The molecule has 1 aromatic heterocycles. The van der Waals surface area contributed by atoms with Gasteiger partial charge in [-0.15, -0.1) is 11.3 Å². The second-order valence-electron chi connectivity index (χ2n) is 3.67. The Morgan fingerprint density at radius 2 is 2.21 bits per heavy atom. The molecule has 1 N–H and O–H groups in total. The van der Waals surface area contributed by atoms with Crippen LogP contribution >= 0.6 is 11.3 Å². The number of aryl methyl sites for hydroxylation is 1. The Morgan fingerprint density at radius 1 is 1.50 bits per heavy atom. The first-order valence-electron chi connectivity index (χ1n) is 5.08. The predicted molar refractivity (Wildman–Crippen MR) is 64.9 cm³/mol. The van der Waals surface area contributed by atoms with Gasteiger partial charge in [0.1, 0.15) is 0 Å². The first-order valence-corrected chi connectivity index (χ1v) is 5.90. The van der Waals surface area contributed by atoms with Gasteiger partial charge < -0.3 is 5.32 Å². The molecular weight excluding hydrogens is 190 g/mol. The number of thiophene rings is 1. The summed E-state index contributed by atoms with van der Waals surface area (Å²) in [6.07, 6.45) is 3.40. The summed E-state index contributed by atoms with van der Waals surface area (Å²) in [5, 5.41) is 3.32. The zero-order chi connectivity index (χ0) is 10.6. The zero-order valence-electron chi connectivity index (χ0n) is 9.42. The zero-order valence-corrected chi connectivity index (χ0v) is 10.2. The second-order valence-corrected chi connectivity index (χ2v) is 4.87. The largest absolute Gasteiger partial charge is 0.309 e. The molecule has 0 aromatic carbocycles. The van der Waals surface area contributed by atoms with Crippen LogP contribution in [0.5, 0.6) is 0 Å². The molecule has 0 spiro atoms. The summed E-state index contributed by atoms with van der Waals surface area (Å²) in [5.74, 6) is 0. The van der Waals surface area contributed by atoms with Gasteiger partial charge in [0.2, 0.25) is 0 Å². The number of hydrogen-bond donors (Lipinski definition) is 1. The minimum Gasteiger partial charge on any atom is -0.309 e. The first kappa shape index (κ1) is 11.5. The topological polar surface area (TPSA) is 12.0 Å². The third-order valence-electron chi connectivity index (χ3n) is 2.15. The minimum atomic E-state index is 0.380. The van der Waals surface area contributed by atoms with E-state index in [2.05, 4.69) is 44.3 Å². The van der Waals surface area contributed by atoms with Crippen LogP contribution in [0.1, 0.15) is 36.6 Å². The maximum absolute atomic E-state index is 3.32. The molecule has 1 atom stereocenters. The van der Waals surface area contributed by atoms with Crippen molar-refractivity contribution in [1.82, 2.24) is 5.32 Å². The predicted octanol–water partition coefficient (Wildman–Crippen LogP) is 3.54. The van der Waals surface area contributed by atoms with E-state index in [-0.39, 0.29) is 0 Å². The van der Waals surface area contributed by atoms with E-state index < -0.39 is 0 Å². The molecule has 0 bridgehead atoms. The van der Waals surface area contributed by atoms with E-state index in [1.807, 2.05) is 18.4 Å². The van der Waals surface area contributed by atoms with E-state index in [0.717, 1.165) is 6.42 Å². The van der Waals surface area contributed by atoms with Crippen molar-refractivity contribution in [2.45, 2.75) is 33.2 Å². The molecule has 0 radical (unpaired) electrons. The number of allylic oxidation sites excluding steroid dienone is 1. The molecule has 1 unspecified atom stereocenters. The lowest BCUT2D eigenvalue weighted by Crippen LogP contribution is -2.12. The van der Waals surface area contributed by atoms with Gasteiger partial charge in [0.15, 0.2) is 0 Å². The molecule has 1 nitrogen and oxygen atoms in total. The first-order chi connectivity index (χ1) is 6.67. The van der Waals surface area contributed by atoms with Gasteiger partial charge in [-0.25, -0.2) is 0 Å². The van der Waals surface area contributed by atoms with Gasteiger partial charge in [-0.2, -0.15) is 0 Å². The van der Waals surface area contributed by atoms with Gasteiger partial charge in [0.25, 0.3) is 0 Å². The molecule has 2 heteroatoms. The average molecular weight is 209 g/mol. The minimum absolute atomic E-state index is 0.380. The number of nitrogens with one attached hydrogen (secondary N) is 1.